The molecule has 1 N–H and O–H groups in total. The van der Waals surface area contributed by atoms with E-state index in [9.17, 15) is 0 Å². The first-order chi connectivity index (χ1) is 8.73. The summed E-state index contributed by atoms with van der Waals surface area (Å²) in [7, 11) is 0. The van der Waals surface area contributed by atoms with Crippen LogP contribution in [-0.4, -0.2) is 12.1 Å². The molecule has 1 heteroatoms. The van der Waals surface area contributed by atoms with E-state index >= 15 is 0 Å². The van der Waals surface area contributed by atoms with Crippen LogP contribution < -0.4 is 5.32 Å². The van der Waals surface area contributed by atoms with E-state index in [1.807, 2.05) is 0 Å². The molecule has 1 fully saturated rings. The molecule has 0 aliphatic carbocycles. The second-order valence-corrected chi connectivity index (χ2v) is 6.49. The van der Waals surface area contributed by atoms with E-state index in [1.165, 1.54) is 77.2 Å². The fourth-order valence-electron chi connectivity index (χ4n) is 3.51. The number of unbranched alkanes of at least 4 members (excludes halogenated alkanes) is 5. The molecule has 2 unspecified atom stereocenters. The molecule has 2 atom stereocenters. The van der Waals surface area contributed by atoms with Crippen LogP contribution >= 0.6 is 0 Å². The number of nitrogens with one attached hydrogen (secondary N) is 1. The molecule has 1 aliphatic heterocycles. The standard InChI is InChI=1S/C17H35N/c1-4-6-8-10-13-16(12-9-7-5-2)17(3)14-11-15-18-17/h16,18H,4-15H2,1-3H3. The van der Waals surface area contributed by atoms with Gasteiger partial charge in [-0.1, -0.05) is 58.8 Å². The Balaban J connectivity index is 2.36. The van der Waals surface area contributed by atoms with Gasteiger partial charge in [-0.2, -0.15) is 0 Å². The lowest BCUT2D eigenvalue weighted by Gasteiger charge is -2.35. The summed E-state index contributed by atoms with van der Waals surface area (Å²) in [6.45, 7) is 8.34. The molecule has 1 saturated heterocycles. The first-order valence-electron chi connectivity index (χ1n) is 8.48. The van der Waals surface area contributed by atoms with Crippen LogP contribution in [0.25, 0.3) is 0 Å². The molecule has 0 aromatic rings. The van der Waals surface area contributed by atoms with Gasteiger partial charge in [-0.15, -0.1) is 0 Å². The highest BCUT2D eigenvalue weighted by atomic mass is 15.0. The quantitative estimate of drug-likeness (QED) is 0.521. The zero-order valence-electron chi connectivity index (χ0n) is 13.1. The lowest BCUT2D eigenvalue weighted by Crippen LogP contribution is -2.43. The molecule has 18 heavy (non-hydrogen) atoms. The van der Waals surface area contributed by atoms with Gasteiger partial charge in [0.2, 0.25) is 0 Å². The van der Waals surface area contributed by atoms with Crippen LogP contribution in [0.2, 0.25) is 0 Å². The van der Waals surface area contributed by atoms with Crippen molar-refractivity contribution in [2.24, 2.45) is 5.92 Å². The molecule has 1 nitrogen and oxygen atoms in total. The summed E-state index contributed by atoms with van der Waals surface area (Å²) in [5.41, 5.74) is 0.458. The smallest absolute Gasteiger partial charge is 0.0181 e. The Morgan fingerprint density at radius 1 is 0.944 bits per heavy atom. The fourth-order valence-corrected chi connectivity index (χ4v) is 3.51. The maximum atomic E-state index is 3.80. The Labute approximate surface area is 115 Å². The van der Waals surface area contributed by atoms with Gasteiger partial charge in [-0.25, -0.2) is 0 Å². The van der Waals surface area contributed by atoms with Gasteiger partial charge < -0.3 is 5.32 Å². The highest BCUT2D eigenvalue weighted by Gasteiger charge is 2.35. The zero-order chi connectivity index (χ0) is 13.3. The predicted octanol–water partition coefficient (Wildman–Crippen LogP) is 5.30. The normalized spacial score (nSPS) is 25.5. The van der Waals surface area contributed by atoms with Crippen LogP contribution in [0.3, 0.4) is 0 Å². The van der Waals surface area contributed by atoms with E-state index in [0.717, 1.165) is 5.92 Å². The molecular weight excluding hydrogens is 218 g/mol. The minimum absolute atomic E-state index is 0.458. The van der Waals surface area contributed by atoms with E-state index in [2.05, 4.69) is 26.1 Å². The first kappa shape index (κ1) is 16.0. The van der Waals surface area contributed by atoms with Gasteiger partial charge in [-0.3, -0.25) is 0 Å². The van der Waals surface area contributed by atoms with Crippen molar-refractivity contribution >= 4 is 0 Å². The maximum Gasteiger partial charge on any atom is 0.0181 e. The first-order valence-corrected chi connectivity index (χ1v) is 8.48. The average Bonchev–Trinajstić information content (AvgIpc) is 2.80. The molecule has 1 aliphatic rings. The van der Waals surface area contributed by atoms with Crippen LogP contribution in [0.1, 0.15) is 91.4 Å². The van der Waals surface area contributed by atoms with Gasteiger partial charge in [0.25, 0.3) is 0 Å². The van der Waals surface area contributed by atoms with Crippen LogP contribution in [0.4, 0.5) is 0 Å². The molecule has 1 rings (SSSR count). The maximum absolute atomic E-state index is 3.80. The van der Waals surface area contributed by atoms with Gasteiger partial charge in [0.15, 0.2) is 0 Å². The van der Waals surface area contributed by atoms with Crippen molar-refractivity contribution in [3.63, 3.8) is 0 Å². The zero-order valence-corrected chi connectivity index (χ0v) is 13.1. The lowest BCUT2D eigenvalue weighted by atomic mass is 9.78. The van der Waals surface area contributed by atoms with Gasteiger partial charge >= 0.3 is 0 Å². The Kier molecular flexibility index (Phi) is 7.97. The molecule has 108 valence electrons. The second kappa shape index (κ2) is 8.96. The van der Waals surface area contributed by atoms with Gasteiger partial charge in [0.05, 0.1) is 0 Å². The highest BCUT2D eigenvalue weighted by Crippen LogP contribution is 2.34. The Hall–Kier alpha value is -0.0400. The Morgan fingerprint density at radius 2 is 1.56 bits per heavy atom. The Bertz CT molecular complexity index is 194. The fraction of sp³-hybridized carbons (Fsp3) is 1.00. The van der Waals surface area contributed by atoms with Crippen molar-refractivity contribution in [1.82, 2.24) is 5.32 Å². The molecule has 0 spiro atoms. The van der Waals surface area contributed by atoms with Crippen molar-refractivity contribution < 1.29 is 0 Å². The molecule has 0 bridgehead atoms. The predicted molar refractivity (Wildman–Crippen MR) is 82.0 cm³/mol. The largest absolute Gasteiger partial charge is 0.311 e. The number of rotatable bonds is 10. The van der Waals surface area contributed by atoms with Gasteiger partial charge in [-0.05, 0) is 45.1 Å². The van der Waals surface area contributed by atoms with E-state index < -0.39 is 0 Å². The van der Waals surface area contributed by atoms with Gasteiger partial charge in [0.1, 0.15) is 0 Å². The summed E-state index contributed by atoms with van der Waals surface area (Å²) < 4.78 is 0. The lowest BCUT2D eigenvalue weighted by molar-refractivity contribution is 0.221. The number of hydrogen-bond donors (Lipinski definition) is 1. The molecule has 1 heterocycles. The average molecular weight is 253 g/mol. The third kappa shape index (κ3) is 5.30. The van der Waals surface area contributed by atoms with Gasteiger partial charge in [0, 0.05) is 5.54 Å². The molecule has 0 saturated carbocycles. The molecular formula is C17H35N. The van der Waals surface area contributed by atoms with Crippen LogP contribution in [-0.2, 0) is 0 Å². The molecule has 0 radical (unpaired) electrons. The van der Waals surface area contributed by atoms with E-state index in [4.69, 9.17) is 0 Å². The topological polar surface area (TPSA) is 12.0 Å². The van der Waals surface area contributed by atoms with Crippen molar-refractivity contribution in [1.29, 1.82) is 0 Å². The van der Waals surface area contributed by atoms with Crippen LogP contribution in [0.5, 0.6) is 0 Å². The molecule has 0 amide bonds. The van der Waals surface area contributed by atoms with Crippen molar-refractivity contribution in [3.8, 4) is 0 Å². The highest BCUT2D eigenvalue weighted by molar-refractivity contribution is 4.94. The third-order valence-corrected chi connectivity index (χ3v) is 4.87. The summed E-state index contributed by atoms with van der Waals surface area (Å²) in [4.78, 5) is 0. The monoisotopic (exact) mass is 253 g/mol. The van der Waals surface area contributed by atoms with Crippen molar-refractivity contribution in [2.75, 3.05) is 6.54 Å². The van der Waals surface area contributed by atoms with E-state index in [0.29, 0.717) is 5.54 Å². The SMILES string of the molecule is CCCCCCC(CCCCC)C1(C)CCCN1. The molecule has 0 aromatic heterocycles. The summed E-state index contributed by atoms with van der Waals surface area (Å²) in [5, 5.41) is 3.80. The summed E-state index contributed by atoms with van der Waals surface area (Å²) >= 11 is 0. The van der Waals surface area contributed by atoms with E-state index in [-0.39, 0.29) is 0 Å². The minimum atomic E-state index is 0.458. The number of hydrogen-bond acceptors (Lipinski definition) is 1. The minimum Gasteiger partial charge on any atom is -0.311 e. The summed E-state index contributed by atoms with van der Waals surface area (Å²) in [6, 6.07) is 0. The Morgan fingerprint density at radius 3 is 2.11 bits per heavy atom. The summed E-state index contributed by atoms with van der Waals surface area (Å²) in [6.07, 6.45) is 15.6. The third-order valence-electron chi connectivity index (χ3n) is 4.87. The van der Waals surface area contributed by atoms with E-state index in [1.54, 1.807) is 0 Å². The summed E-state index contributed by atoms with van der Waals surface area (Å²) in [5.74, 6) is 0.920. The second-order valence-electron chi connectivity index (χ2n) is 6.49. The van der Waals surface area contributed by atoms with Crippen molar-refractivity contribution in [2.45, 2.75) is 96.9 Å². The van der Waals surface area contributed by atoms with Crippen molar-refractivity contribution in [3.05, 3.63) is 0 Å². The molecule has 0 aromatic carbocycles. The van der Waals surface area contributed by atoms with Crippen LogP contribution in [0, 0.1) is 5.92 Å². The van der Waals surface area contributed by atoms with Crippen LogP contribution in [0.15, 0.2) is 0 Å².